The number of anilines is 1. The molecule has 114 valence electrons. The fraction of sp³-hybridized carbons (Fsp3) is 0.500. The molecule has 5 heteroatoms. The molecule has 0 bridgehead atoms. The molecular formula is C16H22N2OS2. The van der Waals surface area contributed by atoms with Crippen LogP contribution >= 0.6 is 24.0 Å². The van der Waals surface area contributed by atoms with Crippen LogP contribution in [-0.2, 0) is 4.79 Å². The van der Waals surface area contributed by atoms with Crippen LogP contribution in [0, 0.1) is 5.41 Å². The zero-order valence-corrected chi connectivity index (χ0v) is 14.0. The van der Waals surface area contributed by atoms with Gasteiger partial charge in [0.2, 0.25) is 5.91 Å². The lowest BCUT2D eigenvalue weighted by Crippen LogP contribution is -2.45. The summed E-state index contributed by atoms with van der Waals surface area (Å²) < 4.78 is 0. The van der Waals surface area contributed by atoms with E-state index in [2.05, 4.69) is 5.32 Å². The van der Waals surface area contributed by atoms with Crippen LogP contribution in [0.3, 0.4) is 0 Å². The Morgan fingerprint density at radius 3 is 2.24 bits per heavy atom. The Kier molecular flexibility index (Phi) is 5.65. The molecular weight excluding hydrogens is 300 g/mol. The molecule has 1 aliphatic rings. The Hall–Kier alpha value is -1.07. The molecule has 0 aliphatic heterocycles. The molecule has 0 aromatic heterocycles. The van der Waals surface area contributed by atoms with Gasteiger partial charge in [0, 0.05) is 10.6 Å². The molecule has 0 spiro atoms. The first-order valence-electron chi connectivity index (χ1n) is 7.34. The smallest absolute Gasteiger partial charge is 0.237 e. The fourth-order valence-corrected chi connectivity index (χ4v) is 3.55. The second-order valence-corrected chi connectivity index (χ2v) is 6.86. The van der Waals surface area contributed by atoms with Gasteiger partial charge >= 0.3 is 0 Å². The maximum Gasteiger partial charge on any atom is 0.237 e. The standard InChI is InChI=1S/C16H22N2OS2/c1-21-13-8-6-12(7-9-13)18-15(19)16(14(17)20)10-4-2-3-5-11-16/h6-9H,2-5,10-11H2,1H3,(H2,17,20)(H,18,19). The molecule has 3 nitrogen and oxygen atoms in total. The normalized spacial score (nSPS) is 17.8. The van der Waals surface area contributed by atoms with Crippen molar-refractivity contribution in [3.63, 3.8) is 0 Å². The molecule has 0 radical (unpaired) electrons. The summed E-state index contributed by atoms with van der Waals surface area (Å²) in [6, 6.07) is 7.85. The predicted octanol–water partition coefficient (Wildman–Crippen LogP) is 3.97. The Morgan fingerprint density at radius 2 is 1.76 bits per heavy atom. The van der Waals surface area contributed by atoms with Gasteiger partial charge in [-0.15, -0.1) is 11.8 Å². The number of hydrogen-bond acceptors (Lipinski definition) is 3. The number of nitrogens with two attached hydrogens (primary N) is 1. The van der Waals surface area contributed by atoms with Crippen LogP contribution in [0.4, 0.5) is 5.69 Å². The lowest BCUT2D eigenvalue weighted by molar-refractivity contribution is -0.122. The number of benzene rings is 1. The Bertz CT molecular complexity index is 506. The van der Waals surface area contributed by atoms with Gasteiger partial charge in [0.05, 0.1) is 10.4 Å². The van der Waals surface area contributed by atoms with Crippen LogP contribution in [0.25, 0.3) is 0 Å². The minimum atomic E-state index is -0.677. The van der Waals surface area contributed by atoms with Gasteiger partial charge < -0.3 is 11.1 Å². The van der Waals surface area contributed by atoms with E-state index in [9.17, 15) is 4.79 Å². The summed E-state index contributed by atoms with van der Waals surface area (Å²) in [5.41, 5.74) is 6.07. The molecule has 1 aromatic rings. The van der Waals surface area contributed by atoms with Crippen LogP contribution in [0.5, 0.6) is 0 Å². The van der Waals surface area contributed by atoms with Crippen molar-refractivity contribution >= 4 is 40.6 Å². The molecule has 3 N–H and O–H groups in total. The molecule has 0 unspecified atom stereocenters. The Labute approximate surface area is 136 Å². The van der Waals surface area contributed by atoms with E-state index in [0.717, 1.165) is 44.2 Å². The quantitative estimate of drug-likeness (QED) is 0.500. The lowest BCUT2D eigenvalue weighted by atomic mass is 9.79. The van der Waals surface area contributed by atoms with Gasteiger partial charge in [0.15, 0.2) is 0 Å². The van der Waals surface area contributed by atoms with Crippen molar-refractivity contribution in [2.75, 3.05) is 11.6 Å². The molecule has 1 aromatic carbocycles. The number of hydrogen-bond donors (Lipinski definition) is 2. The maximum atomic E-state index is 12.8. The van der Waals surface area contributed by atoms with E-state index in [1.807, 2.05) is 30.5 Å². The first-order valence-corrected chi connectivity index (χ1v) is 8.97. The summed E-state index contributed by atoms with van der Waals surface area (Å²) in [4.78, 5) is 14.3. The zero-order valence-electron chi connectivity index (χ0n) is 12.4. The number of rotatable bonds is 4. The molecule has 1 fully saturated rings. The number of carbonyl (C=O) groups excluding carboxylic acids is 1. The highest BCUT2D eigenvalue weighted by atomic mass is 32.2. The summed E-state index contributed by atoms with van der Waals surface area (Å²) in [5.74, 6) is -0.0474. The number of amides is 1. The van der Waals surface area contributed by atoms with Gasteiger partial charge in [0.25, 0.3) is 0 Å². The van der Waals surface area contributed by atoms with Crippen molar-refractivity contribution in [3.8, 4) is 0 Å². The fourth-order valence-electron chi connectivity index (χ4n) is 2.84. The minimum Gasteiger partial charge on any atom is -0.392 e. The highest BCUT2D eigenvalue weighted by Gasteiger charge is 2.41. The summed E-state index contributed by atoms with van der Waals surface area (Å²) in [5, 5.41) is 3.00. The van der Waals surface area contributed by atoms with Crippen molar-refractivity contribution in [1.29, 1.82) is 0 Å². The van der Waals surface area contributed by atoms with E-state index in [-0.39, 0.29) is 5.91 Å². The first kappa shape index (κ1) is 16.3. The molecule has 1 saturated carbocycles. The third kappa shape index (κ3) is 3.77. The third-order valence-corrected chi connectivity index (χ3v) is 5.35. The second-order valence-electron chi connectivity index (χ2n) is 5.54. The monoisotopic (exact) mass is 322 g/mol. The first-order chi connectivity index (χ1) is 10.1. The molecule has 2 rings (SSSR count). The van der Waals surface area contributed by atoms with Gasteiger partial charge in [-0.3, -0.25) is 4.79 Å². The van der Waals surface area contributed by atoms with Gasteiger partial charge in [-0.25, -0.2) is 0 Å². The average Bonchev–Trinajstić information content (AvgIpc) is 2.75. The van der Waals surface area contributed by atoms with Crippen molar-refractivity contribution in [3.05, 3.63) is 24.3 Å². The molecule has 0 atom stereocenters. The highest BCUT2D eigenvalue weighted by Crippen LogP contribution is 2.36. The summed E-state index contributed by atoms with van der Waals surface area (Å²) >= 11 is 6.91. The van der Waals surface area contributed by atoms with E-state index in [1.54, 1.807) is 11.8 Å². The van der Waals surface area contributed by atoms with E-state index >= 15 is 0 Å². The lowest BCUT2D eigenvalue weighted by Gasteiger charge is -2.30. The second kappa shape index (κ2) is 7.27. The van der Waals surface area contributed by atoms with Crippen molar-refractivity contribution in [2.45, 2.75) is 43.4 Å². The van der Waals surface area contributed by atoms with Crippen LogP contribution in [0.1, 0.15) is 38.5 Å². The van der Waals surface area contributed by atoms with E-state index in [0.29, 0.717) is 4.99 Å². The summed E-state index contributed by atoms with van der Waals surface area (Å²) in [6.45, 7) is 0. The Morgan fingerprint density at radius 1 is 1.19 bits per heavy atom. The molecule has 21 heavy (non-hydrogen) atoms. The van der Waals surface area contributed by atoms with Crippen molar-refractivity contribution in [1.82, 2.24) is 0 Å². The third-order valence-electron chi connectivity index (χ3n) is 4.21. The SMILES string of the molecule is CSc1ccc(NC(=O)C2(C(N)=S)CCCCCC2)cc1. The van der Waals surface area contributed by atoms with Crippen LogP contribution < -0.4 is 11.1 Å². The van der Waals surface area contributed by atoms with Gasteiger partial charge in [-0.1, -0.05) is 37.9 Å². The van der Waals surface area contributed by atoms with Gasteiger partial charge in [-0.05, 0) is 43.4 Å². The summed E-state index contributed by atoms with van der Waals surface area (Å²) in [6.07, 6.45) is 7.88. The predicted molar refractivity (Wildman–Crippen MR) is 93.8 cm³/mol. The van der Waals surface area contributed by atoms with E-state index in [4.69, 9.17) is 18.0 Å². The van der Waals surface area contributed by atoms with Gasteiger partial charge in [0.1, 0.15) is 0 Å². The highest BCUT2D eigenvalue weighted by molar-refractivity contribution is 7.98. The topological polar surface area (TPSA) is 55.1 Å². The van der Waals surface area contributed by atoms with Crippen molar-refractivity contribution in [2.24, 2.45) is 11.1 Å². The minimum absolute atomic E-state index is 0.0474. The molecule has 1 amide bonds. The van der Waals surface area contributed by atoms with Gasteiger partial charge in [-0.2, -0.15) is 0 Å². The van der Waals surface area contributed by atoms with Crippen LogP contribution in [0.15, 0.2) is 29.2 Å². The zero-order chi connectivity index (χ0) is 15.3. The Balaban J connectivity index is 2.16. The average molecular weight is 322 g/mol. The van der Waals surface area contributed by atoms with E-state index in [1.165, 1.54) is 4.90 Å². The van der Waals surface area contributed by atoms with Crippen LogP contribution in [-0.4, -0.2) is 17.2 Å². The molecule has 1 aliphatic carbocycles. The molecule has 0 heterocycles. The number of carbonyl (C=O) groups is 1. The number of thiocarbonyl (C=S) groups is 1. The number of nitrogens with one attached hydrogen (secondary N) is 1. The maximum absolute atomic E-state index is 12.8. The van der Waals surface area contributed by atoms with Crippen molar-refractivity contribution < 1.29 is 4.79 Å². The summed E-state index contributed by atoms with van der Waals surface area (Å²) in [7, 11) is 0. The molecule has 0 saturated heterocycles. The largest absolute Gasteiger partial charge is 0.392 e. The van der Waals surface area contributed by atoms with Crippen LogP contribution in [0.2, 0.25) is 0 Å². The number of thioether (sulfide) groups is 1. The van der Waals surface area contributed by atoms with E-state index < -0.39 is 5.41 Å².